The monoisotopic (exact) mass is 356 g/mol. The van der Waals surface area contributed by atoms with E-state index in [9.17, 15) is 11.7 Å². The summed E-state index contributed by atoms with van der Waals surface area (Å²) in [6, 6.07) is 2.87. The number of halogens is 1. The van der Waals surface area contributed by atoms with E-state index in [1.807, 2.05) is 0 Å². The Balaban J connectivity index is 3.46. The summed E-state index contributed by atoms with van der Waals surface area (Å²) in [5.74, 6) is -0.0775. The molecule has 0 radical (unpaired) electrons. The summed E-state index contributed by atoms with van der Waals surface area (Å²) in [6.45, 7) is 0. The number of rotatable bonds is 4. The number of carbonyl (C=O) groups is 1. The Morgan fingerprint density at radius 1 is 1.18 bits per heavy atom. The van der Waals surface area contributed by atoms with Gasteiger partial charge >= 0.3 is 107 Å². The van der Waals surface area contributed by atoms with Gasteiger partial charge < -0.3 is 0 Å². The van der Waals surface area contributed by atoms with Gasteiger partial charge in [-0.25, -0.2) is 0 Å². The molecule has 2 N–H and O–H groups in total. The molecule has 0 bridgehead atoms. The van der Waals surface area contributed by atoms with Gasteiger partial charge in [0.05, 0.1) is 0 Å². The normalized spacial score (nSPS) is 10.8. The van der Waals surface area contributed by atoms with Gasteiger partial charge in [-0.05, 0) is 0 Å². The van der Waals surface area contributed by atoms with Gasteiger partial charge in [-0.2, -0.15) is 0 Å². The Kier molecular flexibility index (Phi) is 4.97. The van der Waals surface area contributed by atoms with Gasteiger partial charge in [-0.3, -0.25) is 0 Å². The molecule has 0 fully saturated rings. The average Bonchev–Trinajstić information content (AvgIpc) is 2.35. The molecule has 0 aliphatic heterocycles. The van der Waals surface area contributed by atoms with Crippen LogP contribution in [0.2, 0.25) is 0 Å². The minimum atomic E-state index is -3.38. The first-order valence-corrected chi connectivity index (χ1v) is 7.48. The molecule has 0 saturated carbocycles. The molecular weight excluding hydrogens is 343 g/mol. The first-order valence-electron chi connectivity index (χ1n) is 4.47. The second kappa shape index (κ2) is 6.03. The van der Waals surface area contributed by atoms with Crippen molar-refractivity contribution in [1.82, 2.24) is 0 Å². The van der Waals surface area contributed by atoms with Crippen molar-refractivity contribution in [3.63, 3.8) is 0 Å². The van der Waals surface area contributed by atoms with Crippen LogP contribution in [0.1, 0.15) is 10.4 Å². The Labute approximate surface area is 107 Å². The number of methoxy groups -OCH3 is 3. The van der Waals surface area contributed by atoms with Gasteiger partial charge in [0.15, 0.2) is 0 Å². The van der Waals surface area contributed by atoms with E-state index in [2.05, 4.69) is 4.74 Å². The van der Waals surface area contributed by atoms with Gasteiger partial charge in [0.25, 0.3) is 0 Å². The second-order valence-electron chi connectivity index (χ2n) is 2.93. The SMILES string of the molecule is COC(=O)c1cc(OC)cc(OC)c1I(O)O. The molecule has 0 heterocycles. The van der Waals surface area contributed by atoms with Crippen LogP contribution in [0.3, 0.4) is 0 Å². The molecule has 6 nitrogen and oxygen atoms in total. The Morgan fingerprint density at radius 3 is 2.24 bits per heavy atom. The third kappa shape index (κ3) is 2.99. The Morgan fingerprint density at radius 2 is 1.82 bits per heavy atom. The van der Waals surface area contributed by atoms with Gasteiger partial charge in [0, 0.05) is 0 Å². The second-order valence-corrected chi connectivity index (χ2v) is 5.40. The third-order valence-electron chi connectivity index (χ3n) is 2.04. The summed E-state index contributed by atoms with van der Waals surface area (Å²) >= 11 is -3.38. The van der Waals surface area contributed by atoms with Gasteiger partial charge in [-0.15, -0.1) is 0 Å². The number of carbonyl (C=O) groups excluding carboxylic acids is 1. The molecule has 0 saturated heterocycles. The predicted octanol–water partition coefficient (Wildman–Crippen LogP) is 0.981. The van der Waals surface area contributed by atoms with Gasteiger partial charge in [-0.1, -0.05) is 0 Å². The van der Waals surface area contributed by atoms with Crippen molar-refractivity contribution in [1.29, 1.82) is 0 Å². The molecule has 7 heteroatoms. The minimum absolute atomic E-state index is 0.0545. The van der Waals surface area contributed by atoms with E-state index >= 15 is 0 Å². The van der Waals surface area contributed by atoms with Crippen LogP contribution >= 0.6 is 20.6 Å². The van der Waals surface area contributed by atoms with E-state index in [4.69, 9.17) is 9.47 Å². The third-order valence-corrected chi connectivity index (χ3v) is 4.12. The van der Waals surface area contributed by atoms with Crippen LogP contribution in [0.5, 0.6) is 11.5 Å². The number of hydrogen-bond donors (Lipinski definition) is 2. The van der Waals surface area contributed by atoms with E-state index in [1.54, 1.807) is 0 Å². The van der Waals surface area contributed by atoms with E-state index in [1.165, 1.54) is 33.5 Å². The fourth-order valence-corrected chi connectivity index (χ4v) is 3.02. The van der Waals surface area contributed by atoms with E-state index < -0.39 is 26.6 Å². The van der Waals surface area contributed by atoms with E-state index in [0.29, 0.717) is 5.75 Å². The first-order chi connectivity index (χ1) is 8.04. The zero-order valence-corrected chi connectivity index (χ0v) is 11.7. The van der Waals surface area contributed by atoms with Crippen molar-refractivity contribution in [3.8, 4) is 11.5 Å². The fraction of sp³-hybridized carbons (Fsp3) is 0.300. The molecule has 0 aromatic heterocycles. The van der Waals surface area contributed by atoms with Crippen LogP contribution < -0.4 is 9.47 Å². The topological polar surface area (TPSA) is 85.2 Å². The van der Waals surface area contributed by atoms with Gasteiger partial charge in [0.2, 0.25) is 0 Å². The Bertz CT molecular complexity index is 418. The molecule has 0 amide bonds. The van der Waals surface area contributed by atoms with Crippen LogP contribution in [-0.2, 0) is 4.74 Å². The van der Waals surface area contributed by atoms with Crippen molar-refractivity contribution in [2.45, 2.75) is 0 Å². The molecule has 0 spiro atoms. The summed E-state index contributed by atoms with van der Waals surface area (Å²) in [5.41, 5.74) is 0.0545. The quantitative estimate of drug-likeness (QED) is 0.618. The first kappa shape index (κ1) is 14.0. The molecule has 1 rings (SSSR count). The van der Waals surface area contributed by atoms with Crippen LogP contribution in [0, 0.1) is 3.57 Å². The molecule has 1 aromatic rings. The molecule has 96 valence electrons. The van der Waals surface area contributed by atoms with Crippen molar-refractivity contribution in [3.05, 3.63) is 21.3 Å². The summed E-state index contributed by atoms with van der Waals surface area (Å²) in [4.78, 5) is 11.5. The van der Waals surface area contributed by atoms with Crippen molar-refractivity contribution in [2.24, 2.45) is 0 Å². The molecule has 1 aromatic carbocycles. The molecule has 0 aliphatic rings. The molecular formula is C10H13IO6. The molecule has 0 aliphatic carbocycles. The van der Waals surface area contributed by atoms with E-state index in [0.717, 1.165) is 0 Å². The van der Waals surface area contributed by atoms with E-state index in [-0.39, 0.29) is 14.9 Å². The summed E-state index contributed by atoms with van der Waals surface area (Å²) < 4.78 is 33.5. The molecule has 0 unspecified atom stereocenters. The van der Waals surface area contributed by atoms with Crippen LogP contribution in [0.4, 0.5) is 0 Å². The predicted molar refractivity (Wildman–Crippen MR) is 68.0 cm³/mol. The Hall–Kier alpha value is -1.06. The molecule has 17 heavy (non-hydrogen) atoms. The summed E-state index contributed by atoms with van der Waals surface area (Å²) in [5, 5.41) is 0. The van der Waals surface area contributed by atoms with Crippen molar-refractivity contribution < 1.29 is 25.9 Å². The number of hydrogen-bond acceptors (Lipinski definition) is 6. The number of esters is 1. The number of benzene rings is 1. The zero-order chi connectivity index (χ0) is 13.0. The van der Waals surface area contributed by atoms with Crippen LogP contribution in [0.25, 0.3) is 0 Å². The van der Waals surface area contributed by atoms with Gasteiger partial charge in [0.1, 0.15) is 0 Å². The number of ether oxygens (including phenoxy) is 3. The van der Waals surface area contributed by atoms with Crippen LogP contribution in [-0.4, -0.2) is 34.2 Å². The van der Waals surface area contributed by atoms with Crippen LogP contribution in [0.15, 0.2) is 12.1 Å². The summed E-state index contributed by atoms with van der Waals surface area (Å²) in [7, 11) is 4.02. The zero-order valence-electron chi connectivity index (χ0n) is 9.56. The maximum absolute atomic E-state index is 11.5. The van der Waals surface area contributed by atoms with Crippen molar-refractivity contribution >= 4 is 26.6 Å². The maximum atomic E-state index is 11.5. The average molecular weight is 356 g/mol. The standard InChI is InChI=1S/C10H13IO6/c1-15-6-4-7(10(12)17-3)9(11(13)14)8(5-6)16-2/h4-5,13-14H,1-3H3. The molecule has 0 atom stereocenters. The summed E-state index contributed by atoms with van der Waals surface area (Å²) in [6.07, 6.45) is 0. The van der Waals surface area contributed by atoms with Crippen molar-refractivity contribution in [2.75, 3.05) is 21.3 Å². The fourth-order valence-electron chi connectivity index (χ4n) is 1.27.